The molecule has 0 aliphatic rings. The summed E-state index contributed by atoms with van der Waals surface area (Å²) in [5.74, 6) is -0.302. The maximum atomic E-state index is 12.8. The number of benzene rings is 2. The predicted octanol–water partition coefficient (Wildman–Crippen LogP) is 2.97. The minimum Gasteiger partial charge on any atom is -0.456 e. The van der Waals surface area contributed by atoms with E-state index in [1.807, 2.05) is 13.8 Å². The van der Waals surface area contributed by atoms with Crippen molar-refractivity contribution in [1.29, 1.82) is 0 Å². The van der Waals surface area contributed by atoms with Gasteiger partial charge in [0.15, 0.2) is 0 Å². The highest BCUT2D eigenvalue weighted by atomic mass is 32.2. The van der Waals surface area contributed by atoms with Gasteiger partial charge in [0, 0.05) is 25.0 Å². The lowest BCUT2D eigenvalue weighted by molar-refractivity contribution is -0.118. The quantitative estimate of drug-likeness (QED) is 0.346. The fraction of sp³-hybridized carbons (Fsp3) is 0.185. The Morgan fingerprint density at radius 2 is 1.69 bits per heavy atom. The largest absolute Gasteiger partial charge is 0.456 e. The molecule has 202 valence electrons. The van der Waals surface area contributed by atoms with Crippen molar-refractivity contribution < 1.29 is 22.7 Å². The number of nitrogens with zero attached hydrogens (tertiary/aromatic N) is 4. The maximum absolute atomic E-state index is 12.8. The highest BCUT2D eigenvalue weighted by Crippen LogP contribution is 2.26. The van der Waals surface area contributed by atoms with Crippen LogP contribution >= 0.6 is 0 Å². The zero-order chi connectivity index (χ0) is 28.3. The minimum absolute atomic E-state index is 0.00499. The number of aromatic nitrogens is 3. The van der Waals surface area contributed by atoms with E-state index in [0.29, 0.717) is 22.9 Å². The van der Waals surface area contributed by atoms with Crippen LogP contribution in [0.25, 0.3) is 0 Å². The molecule has 0 atom stereocenters. The molecule has 0 unspecified atom stereocenters. The van der Waals surface area contributed by atoms with E-state index >= 15 is 0 Å². The van der Waals surface area contributed by atoms with Crippen LogP contribution in [0.1, 0.15) is 27.3 Å². The number of hydrogen-bond donors (Lipinski definition) is 2. The summed E-state index contributed by atoms with van der Waals surface area (Å²) < 4.78 is 38.4. The second kappa shape index (κ2) is 11.0. The number of anilines is 1. The second-order valence-corrected chi connectivity index (χ2v) is 10.7. The smallest absolute Gasteiger partial charge is 0.284 e. The molecular formula is C27H28N6O5S. The Bertz CT molecular complexity index is 1740. The van der Waals surface area contributed by atoms with Crippen molar-refractivity contribution in [2.24, 2.45) is 17.2 Å². The minimum atomic E-state index is -4.04. The Kier molecular flexibility index (Phi) is 7.68. The first-order chi connectivity index (χ1) is 18.4. The fourth-order valence-electron chi connectivity index (χ4n) is 3.87. The Hall–Kier alpha value is -4.71. The predicted molar refractivity (Wildman–Crippen MR) is 145 cm³/mol. The summed E-state index contributed by atoms with van der Waals surface area (Å²) in [5.41, 5.74) is 8.77. The van der Waals surface area contributed by atoms with Crippen molar-refractivity contribution in [2.75, 3.05) is 5.32 Å². The molecule has 3 N–H and O–H groups in total. The number of nitrogens with one attached hydrogen (secondary N) is 1. The van der Waals surface area contributed by atoms with E-state index in [9.17, 15) is 18.0 Å². The Morgan fingerprint density at radius 3 is 2.33 bits per heavy atom. The monoisotopic (exact) mass is 548 g/mol. The van der Waals surface area contributed by atoms with Crippen LogP contribution in [0.5, 0.6) is 11.5 Å². The lowest BCUT2D eigenvalue weighted by Gasteiger charge is -2.13. The van der Waals surface area contributed by atoms with Crippen LogP contribution in [0.2, 0.25) is 0 Å². The molecular weight excluding hydrogens is 520 g/mol. The lowest BCUT2D eigenvalue weighted by Crippen LogP contribution is -2.28. The van der Waals surface area contributed by atoms with Crippen molar-refractivity contribution in [3.8, 4) is 11.5 Å². The van der Waals surface area contributed by atoms with Gasteiger partial charge in [-0.2, -0.15) is 13.5 Å². The molecule has 0 aliphatic carbocycles. The molecule has 12 heteroatoms. The third-order valence-electron chi connectivity index (χ3n) is 5.61. The topological polar surface area (TPSA) is 151 Å². The molecule has 2 amide bonds. The first kappa shape index (κ1) is 27.3. The Balaban J connectivity index is 1.63. The number of pyridine rings is 1. The summed E-state index contributed by atoms with van der Waals surface area (Å²) in [6.45, 7) is 5.18. The molecule has 0 saturated heterocycles. The first-order valence-corrected chi connectivity index (χ1v) is 13.3. The molecule has 2 aromatic heterocycles. The highest BCUT2D eigenvalue weighted by molar-refractivity contribution is 7.90. The van der Waals surface area contributed by atoms with E-state index in [-0.39, 0.29) is 22.8 Å². The lowest BCUT2D eigenvalue weighted by atomic mass is 10.2. The summed E-state index contributed by atoms with van der Waals surface area (Å²) in [6.07, 6.45) is 1.44. The molecule has 0 spiro atoms. The number of rotatable bonds is 8. The normalized spacial score (nSPS) is 11.8. The molecule has 11 nitrogen and oxygen atoms in total. The average molecular weight is 549 g/mol. The zero-order valence-electron chi connectivity index (χ0n) is 21.9. The number of carbonyl (C=O) groups excluding carboxylic acids is 2. The molecule has 4 rings (SSSR count). The van der Waals surface area contributed by atoms with E-state index in [4.69, 9.17) is 10.5 Å². The van der Waals surface area contributed by atoms with Crippen LogP contribution in [0.4, 0.5) is 5.69 Å². The van der Waals surface area contributed by atoms with E-state index < -0.39 is 15.9 Å². The molecule has 0 saturated carbocycles. The van der Waals surface area contributed by atoms with Crippen LogP contribution in [-0.2, 0) is 28.4 Å². The second-order valence-electron chi connectivity index (χ2n) is 9.08. The van der Waals surface area contributed by atoms with Gasteiger partial charge in [0.05, 0.1) is 10.6 Å². The van der Waals surface area contributed by atoms with E-state index in [2.05, 4.69) is 14.8 Å². The molecule has 0 bridgehead atoms. The molecule has 0 radical (unpaired) electrons. The number of carbonyl (C=O) groups is 2. The highest BCUT2D eigenvalue weighted by Gasteiger charge is 2.15. The standard InChI is InChI=1S/C27H28N6O5S/c1-17-5-8-23(9-6-17)39(36,37)31-26-10-7-21(15-33(26)16-25(28)34)38-22-12-18(2)11-20(14-22)29-27(35)24-13-19(3)30-32(24)4/h5-15H,16H2,1-4H3,(H2,28,34)(H,29,35)/b31-26-. The van der Waals surface area contributed by atoms with Gasteiger partial charge < -0.3 is 20.4 Å². The fourth-order valence-corrected chi connectivity index (χ4v) is 4.87. The van der Waals surface area contributed by atoms with Gasteiger partial charge in [-0.3, -0.25) is 14.3 Å². The van der Waals surface area contributed by atoms with Gasteiger partial charge in [-0.15, -0.1) is 4.40 Å². The third kappa shape index (κ3) is 6.79. The van der Waals surface area contributed by atoms with Crippen molar-refractivity contribution >= 4 is 27.5 Å². The number of sulfonamides is 1. The number of amides is 2. The molecule has 39 heavy (non-hydrogen) atoms. The van der Waals surface area contributed by atoms with Gasteiger partial charge >= 0.3 is 0 Å². The van der Waals surface area contributed by atoms with Crippen molar-refractivity contribution in [1.82, 2.24) is 14.3 Å². The summed E-state index contributed by atoms with van der Waals surface area (Å²) >= 11 is 0. The van der Waals surface area contributed by atoms with Crippen LogP contribution in [0.3, 0.4) is 0 Å². The van der Waals surface area contributed by atoms with Gasteiger partial charge in [0.2, 0.25) is 5.91 Å². The molecule has 0 aliphatic heterocycles. The number of aryl methyl sites for hydroxylation is 4. The first-order valence-electron chi connectivity index (χ1n) is 11.9. The SMILES string of the molecule is Cc1ccc(S(=O)(=O)/N=c2/ccc(Oc3cc(C)cc(NC(=O)c4cc(C)nn4C)c3)cn2CC(N)=O)cc1. The molecule has 4 aromatic rings. The van der Waals surface area contributed by atoms with Crippen LogP contribution in [-0.4, -0.2) is 34.6 Å². The van der Waals surface area contributed by atoms with Gasteiger partial charge in [0.25, 0.3) is 15.9 Å². The summed E-state index contributed by atoms with van der Waals surface area (Å²) in [4.78, 5) is 24.5. The van der Waals surface area contributed by atoms with Crippen molar-refractivity contribution in [3.63, 3.8) is 0 Å². The van der Waals surface area contributed by atoms with Crippen molar-refractivity contribution in [2.45, 2.75) is 32.2 Å². The summed E-state index contributed by atoms with van der Waals surface area (Å²) in [5, 5.41) is 7.04. The average Bonchev–Trinajstić information content (AvgIpc) is 3.18. The molecule has 0 fully saturated rings. The van der Waals surface area contributed by atoms with Crippen LogP contribution in [0, 0.1) is 20.8 Å². The molecule has 2 aromatic carbocycles. The number of hydrogen-bond acceptors (Lipinski definition) is 6. The van der Waals surface area contributed by atoms with E-state index in [1.54, 1.807) is 50.4 Å². The maximum Gasteiger partial charge on any atom is 0.284 e. The van der Waals surface area contributed by atoms with E-state index in [1.165, 1.54) is 39.7 Å². The van der Waals surface area contributed by atoms with Gasteiger partial charge in [-0.05, 0) is 68.8 Å². The molecule has 2 heterocycles. The number of nitrogens with two attached hydrogens (primary N) is 1. The summed E-state index contributed by atoms with van der Waals surface area (Å²) in [6, 6.07) is 16.1. The van der Waals surface area contributed by atoms with Gasteiger partial charge in [-0.25, -0.2) is 0 Å². The number of primary amides is 1. The van der Waals surface area contributed by atoms with Gasteiger partial charge in [0.1, 0.15) is 29.2 Å². The summed E-state index contributed by atoms with van der Waals surface area (Å²) in [7, 11) is -2.35. The van der Waals surface area contributed by atoms with Crippen molar-refractivity contribution in [3.05, 3.63) is 94.9 Å². The van der Waals surface area contributed by atoms with Crippen LogP contribution < -0.4 is 21.3 Å². The Morgan fingerprint density at radius 1 is 0.974 bits per heavy atom. The van der Waals surface area contributed by atoms with Crippen LogP contribution in [0.15, 0.2) is 76.2 Å². The third-order valence-corrected chi connectivity index (χ3v) is 6.91. The van der Waals surface area contributed by atoms with Gasteiger partial charge in [-0.1, -0.05) is 17.7 Å². The number of ether oxygens (including phenoxy) is 1. The Labute approximate surface area is 225 Å². The van der Waals surface area contributed by atoms with E-state index in [0.717, 1.165) is 16.8 Å². The zero-order valence-corrected chi connectivity index (χ0v) is 22.7.